The summed E-state index contributed by atoms with van der Waals surface area (Å²) in [6.07, 6.45) is 1.42. The van der Waals surface area contributed by atoms with Crippen molar-refractivity contribution < 1.29 is 39.0 Å². The first-order valence-corrected chi connectivity index (χ1v) is 18.4. The molecule has 0 spiro atoms. The number of unbranched alkanes of at least 4 members (excludes halogenated alkanes) is 2. The maximum atomic E-state index is 13.7. The summed E-state index contributed by atoms with van der Waals surface area (Å²) < 4.78 is 0. The van der Waals surface area contributed by atoms with Gasteiger partial charge in [-0.15, -0.1) is 0 Å². The van der Waals surface area contributed by atoms with Crippen molar-refractivity contribution >= 4 is 60.1 Å². The van der Waals surface area contributed by atoms with Crippen LogP contribution in [0.1, 0.15) is 71.1 Å². The zero-order chi connectivity index (χ0) is 41.2. The fourth-order valence-electron chi connectivity index (χ4n) is 4.87. The molecule has 310 valence electrons. The molecular formula is C31H62N14O8S. The minimum absolute atomic E-state index is 0.0135. The first-order chi connectivity index (χ1) is 25.5. The van der Waals surface area contributed by atoms with Crippen molar-refractivity contribution in [3.8, 4) is 0 Å². The third-order valence-electron chi connectivity index (χ3n) is 7.90. The molecule has 0 rings (SSSR count). The summed E-state index contributed by atoms with van der Waals surface area (Å²) in [4.78, 5) is 85.9. The average molecular weight is 791 g/mol. The maximum absolute atomic E-state index is 13.7. The smallest absolute Gasteiger partial charge is 0.326 e. The zero-order valence-electron chi connectivity index (χ0n) is 30.9. The van der Waals surface area contributed by atoms with E-state index in [1.165, 1.54) is 6.92 Å². The van der Waals surface area contributed by atoms with Crippen LogP contribution in [0.3, 0.4) is 0 Å². The highest BCUT2D eigenvalue weighted by Gasteiger charge is 2.33. The summed E-state index contributed by atoms with van der Waals surface area (Å²) in [7, 11) is 0. The number of aliphatic hydroxyl groups is 1. The summed E-state index contributed by atoms with van der Waals surface area (Å²) in [6.45, 7) is 2.19. The second kappa shape index (κ2) is 28.1. The average Bonchev–Trinajstić information content (AvgIpc) is 3.10. The van der Waals surface area contributed by atoms with Crippen LogP contribution in [-0.4, -0.2) is 132 Å². The molecule has 23 heteroatoms. The predicted molar refractivity (Wildman–Crippen MR) is 206 cm³/mol. The van der Waals surface area contributed by atoms with Gasteiger partial charge in [0.05, 0.1) is 12.1 Å². The largest absolute Gasteiger partial charge is 0.480 e. The number of hydrogen-bond acceptors (Lipinski definition) is 13. The van der Waals surface area contributed by atoms with Crippen LogP contribution >= 0.6 is 12.6 Å². The van der Waals surface area contributed by atoms with Crippen LogP contribution < -0.4 is 66.7 Å². The molecule has 0 heterocycles. The number of thiol groups is 1. The van der Waals surface area contributed by atoms with Crippen molar-refractivity contribution in [3.05, 3.63) is 0 Å². The Morgan fingerprint density at radius 3 is 1.44 bits per heavy atom. The second-order valence-electron chi connectivity index (χ2n) is 12.6. The lowest BCUT2D eigenvalue weighted by atomic mass is 10.0. The monoisotopic (exact) mass is 790 g/mol. The van der Waals surface area contributed by atoms with Gasteiger partial charge in [-0.1, -0.05) is 6.42 Å². The Labute approximate surface area is 320 Å². The topological polar surface area (TPSA) is 410 Å². The van der Waals surface area contributed by atoms with Gasteiger partial charge in [-0.3, -0.25) is 34.0 Å². The Hall–Kier alpha value is -4.45. The van der Waals surface area contributed by atoms with Crippen molar-refractivity contribution in [2.24, 2.45) is 50.1 Å². The Morgan fingerprint density at radius 1 is 0.593 bits per heavy atom. The van der Waals surface area contributed by atoms with E-state index < -0.39 is 77.9 Å². The number of nitrogens with zero attached hydrogens (tertiary/aromatic N) is 2. The molecule has 5 amide bonds. The number of carbonyl (C=O) groups excluding carboxylic acids is 5. The van der Waals surface area contributed by atoms with Gasteiger partial charge < -0.3 is 76.9 Å². The normalized spacial score (nSPS) is 14.8. The summed E-state index contributed by atoms with van der Waals surface area (Å²) in [5.74, 6) is -5.95. The molecule has 21 N–H and O–H groups in total. The van der Waals surface area contributed by atoms with E-state index in [1.807, 2.05) is 0 Å². The first kappa shape index (κ1) is 49.6. The molecule has 54 heavy (non-hydrogen) atoms. The molecule has 0 aromatic heterocycles. The van der Waals surface area contributed by atoms with Gasteiger partial charge in [0.2, 0.25) is 29.5 Å². The lowest BCUT2D eigenvalue weighted by molar-refractivity contribution is -0.142. The molecule has 0 saturated heterocycles. The number of hydrogen-bond donors (Lipinski definition) is 15. The highest BCUT2D eigenvalue weighted by molar-refractivity contribution is 7.80. The number of nitrogens with one attached hydrogen (secondary N) is 5. The van der Waals surface area contributed by atoms with E-state index in [1.54, 1.807) is 0 Å². The molecule has 7 atom stereocenters. The van der Waals surface area contributed by atoms with E-state index in [4.69, 9.17) is 40.1 Å². The van der Waals surface area contributed by atoms with Crippen LogP contribution in [-0.2, 0) is 28.8 Å². The van der Waals surface area contributed by atoms with Gasteiger partial charge in [-0.25, -0.2) is 4.79 Å². The van der Waals surface area contributed by atoms with Crippen LogP contribution in [0.5, 0.6) is 0 Å². The van der Waals surface area contributed by atoms with Crippen molar-refractivity contribution in [1.29, 1.82) is 0 Å². The van der Waals surface area contributed by atoms with Gasteiger partial charge in [-0.2, -0.15) is 12.6 Å². The SMILES string of the molecule is C[C@@H](O)[C@H](NC(=O)[C@@H](N)CCCCN)C(=O)N[C@H](CCCN=C(N)N)C(=O)N[C@H](CCCCN)C(=O)N[C@H](CS)C(=O)N[C@@H](CCCN=C(N)N)C(=O)O. The number of nitrogens with two attached hydrogens (primary N) is 7. The number of rotatable bonds is 29. The van der Waals surface area contributed by atoms with Crippen LogP contribution in [0.15, 0.2) is 9.98 Å². The number of carboxylic acids is 1. The van der Waals surface area contributed by atoms with E-state index in [2.05, 4.69) is 49.2 Å². The van der Waals surface area contributed by atoms with Crippen LogP contribution in [0.25, 0.3) is 0 Å². The number of amides is 5. The fraction of sp³-hybridized carbons (Fsp3) is 0.742. The van der Waals surface area contributed by atoms with Crippen molar-refractivity contribution in [2.75, 3.05) is 31.9 Å². The van der Waals surface area contributed by atoms with Gasteiger partial charge in [0.25, 0.3) is 0 Å². The van der Waals surface area contributed by atoms with Crippen molar-refractivity contribution in [2.45, 2.75) is 113 Å². The van der Waals surface area contributed by atoms with E-state index >= 15 is 0 Å². The molecule has 0 radical (unpaired) electrons. The highest BCUT2D eigenvalue weighted by Crippen LogP contribution is 2.08. The molecule has 0 aliphatic rings. The minimum atomic E-state index is -1.49. The second-order valence-corrected chi connectivity index (χ2v) is 12.9. The zero-order valence-corrected chi connectivity index (χ0v) is 31.8. The van der Waals surface area contributed by atoms with Gasteiger partial charge in [0.1, 0.15) is 30.2 Å². The Bertz CT molecular complexity index is 1250. The number of carboxylic acid groups (broad SMARTS) is 1. The van der Waals surface area contributed by atoms with Crippen LogP contribution in [0, 0.1) is 0 Å². The third kappa shape index (κ3) is 21.3. The van der Waals surface area contributed by atoms with E-state index in [0.717, 1.165) is 0 Å². The van der Waals surface area contributed by atoms with Crippen molar-refractivity contribution in [1.82, 2.24) is 26.6 Å². The molecule has 0 unspecified atom stereocenters. The number of guanidine groups is 2. The summed E-state index contributed by atoms with van der Waals surface area (Å²) in [5, 5.41) is 32.4. The molecular weight excluding hydrogens is 728 g/mol. The molecule has 0 fully saturated rings. The predicted octanol–water partition coefficient (Wildman–Crippen LogP) is -5.50. The van der Waals surface area contributed by atoms with Crippen LogP contribution in [0.2, 0.25) is 0 Å². The van der Waals surface area contributed by atoms with Crippen molar-refractivity contribution in [3.63, 3.8) is 0 Å². The minimum Gasteiger partial charge on any atom is -0.480 e. The molecule has 0 aliphatic heterocycles. The third-order valence-corrected chi connectivity index (χ3v) is 8.27. The summed E-state index contributed by atoms with van der Waals surface area (Å²) in [6, 6.07) is -7.66. The standard InChI is InChI=1S/C31H62N14O8S/c1-17(46)23(45-24(47)18(34)8-2-4-12-32)28(51)42-20(10-6-14-39-30(35)36)25(48)41-19(9-3-5-13-33)26(49)44-22(16-54)27(50)43-21(29(52)53)11-7-15-40-31(37)38/h17-23,46,54H,2-16,32-34H2,1H3,(H,41,48)(H,42,51)(H,43,50)(H,44,49)(H,45,47)(H,52,53)(H4,35,36,39)(H4,37,38,40)/t17-,18+,19-,20-,21+,22-,23+/m1/s1. The van der Waals surface area contributed by atoms with Crippen LogP contribution in [0.4, 0.5) is 0 Å². The Kier molecular flexibility index (Phi) is 25.7. The summed E-state index contributed by atoms with van der Waals surface area (Å²) >= 11 is 4.15. The van der Waals surface area contributed by atoms with Gasteiger partial charge in [0.15, 0.2) is 11.9 Å². The van der Waals surface area contributed by atoms with E-state index in [-0.39, 0.29) is 75.8 Å². The molecule has 0 saturated carbocycles. The highest BCUT2D eigenvalue weighted by atomic mass is 32.1. The van der Waals surface area contributed by atoms with Gasteiger partial charge in [-0.05, 0) is 77.8 Å². The maximum Gasteiger partial charge on any atom is 0.326 e. The number of aliphatic carboxylic acids is 1. The lowest BCUT2D eigenvalue weighted by Crippen LogP contribution is -2.61. The van der Waals surface area contributed by atoms with E-state index in [9.17, 15) is 39.0 Å². The molecule has 22 nitrogen and oxygen atoms in total. The fourth-order valence-corrected chi connectivity index (χ4v) is 5.13. The quantitative estimate of drug-likeness (QED) is 0.0145. The first-order valence-electron chi connectivity index (χ1n) is 17.8. The van der Waals surface area contributed by atoms with Gasteiger partial charge >= 0.3 is 5.97 Å². The number of aliphatic imine (C=N–C) groups is 2. The number of aliphatic hydroxyl groups excluding tert-OH is 1. The van der Waals surface area contributed by atoms with Gasteiger partial charge in [0, 0.05) is 18.8 Å². The number of carbonyl (C=O) groups is 6. The molecule has 0 aromatic carbocycles. The molecule has 0 aromatic rings. The van der Waals surface area contributed by atoms with E-state index in [0.29, 0.717) is 32.2 Å². The lowest BCUT2D eigenvalue weighted by Gasteiger charge is -2.27. The molecule has 0 bridgehead atoms. The Morgan fingerprint density at radius 2 is 1.00 bits per heavy atom. The molecule has 0 aliphatic carbocycles. The summed E-state index contributed by atoms with van der Waals surface area (Å²) in [5.41, 5.74) is 38.5. The Balaban J connectivity index is 6.08.